The average molecular weight is 383 g/mol. The summed E-state index contributed by atoms with van der Waals surface area (Å²) in [4.78, 5) is 16.5. The molecule has 0 atom stereocenters. The molecule has 5 nitrogen and oxygen atoms in total. The number of carbonyl (C=O) groups excluding carboxylic acids is 1. The maximum atomic E-state index is 12.4. The Balaban J connectivity index is 1.47. The molecule has 4 aromatic rings. The summed E-state index contributed by atoms with van der Waals surface area (Å²) >= 11 is 0. The van der Waals surface area contributed by atoms with Gasteiger partial charge in [-0.1, -0.05) is 53.7 Å². The van der Waals surface area contributed by atoms with E-state index in [1.807, 2.05) is 79.9 Å². The van der Waals surface area contributed by atoms with Crippen molar-refractivity contribution in [2.45, 2.75) is 13.3 Å². The number of nitrogens with one attached hydrogen (secondary N) is 1. The van der Waals surface area contributed by atoms with Crippen LogP contribution in [-0.2, 0) is 6.42 Å². The first-order valence-electron chi connectivity index (χ1n) is 9.51. The second-order valence-corrected chi connectivity index (χ2v) is 6.77. The molecule has 0 spiro atoms. The summed E-state index contributed by atoms with van der Waals surface area (Å²) in [6.45, 7) is 2.46. The van der Waals surface area contributed by atoms with Crippen LogP contribution in [0.1, 0.15) is 21.7 Å². The van der Waals surface area contributed by atoms with Gasteiger partial charge in [-0.2, -0.15) is 0 Å². The van der Waals surface area contributed by atoms with Gasteiger partial charge in [-0.25, -0.2) is 0 Å². The molecule has 0 saturated heterocycles. The fraction of sp³-hybridized carbons (Fsp3) is 0.125. The molecule has 29 heavy (non-hydrogen) atoms. The van der Waals surface area contributed by atoms with Crippen LogP contribution in [0.4, 0.5) is 0 Å². The van der Waals surface area contributed by atoms with E-state index in [0.29, 0.717) is 12.1 Å². The molecule has 2 aromatic heterocycles. The third kappa shape index (κ3) is 4.24. The number of rotatable bonds is 6. The van der Waals surface area contributed by atoms with E-state index in [4.69, 9.17) is 4.52 Å². The quantitative estimate of drug-likeness (QED) is 0.525. The first kappa shape index (κ1) is 18.6. The molecule has 144 valence electrons. The lowest BCUT2D eigenvalue weighted by molar-refractivity contribution is 0.0954. The molecule has 0 fully saturated rings. The molecule has 5 heteroatoms. The van der Waals surface area contributed by atoms with E-state index in [-0.39, 0.29) is 5.91 Å². The van der Waals surface area contributed by atoms with Crippen LogP contribution in [0, 0.1) is 6.92 Å². The Morgan fingerprint density at radius 3 is 2.48 bits per heavy atom. The Kier molecular flexibility index (Phi) is 5.47. The van der Waals surface area contributed by atoms with Crippen molar-refractivity contribution in [3.05, 3.63) is 96.0 Å². The van der Waals surface area contributed by atoms with Crippen LogP contribution in [0.3, 0.4) is 0 Å². The van der Waals surface area contributed by atoms with Crippen molar-refractivity contribution < 1.29 is 9.32 Å². The highest BCUT2D eigenvalue weighted by atomic mass is 16.5. The summed E-state index contributed by atoms with van der Waals surface area (Å²) in [6.07, 6.45) is 4.30. The second kappa shape index (κ2) is 8.52. The molecule has 2 aromatic carbocycles. The number of amides is 1. The van der Waals surface area contributed by atoms with Gasteiger partial charge in [-0.15, -0.1) is 0 Å². The minimum Gasteiger partial charge on any atom is -0.360 e. The minimum atomic E-state index is -0.0919. The fourth-order valence-corrected chi connectivity index (χ4v) is 3.26. The molecule has 1 amide bonds. The predicted molar refractivity (Wildman–Crippen MR) is 112 cm³/mol. The van der Waals surface area contributed by atoms with E-state index < -0.39 is 0 Å². The molecule has 2 heterocycles. The van der Waals surface area contributed by atoms with Gasteiger partial charge < -0.3 is 9.84 Å². The van der Waals surface area contributed by atoms with Crippen molar-refractivity contribution in [3.8, 4) is 22.4 Å². The lowest BCUT2D eigenvalue weighted by atomic mass is 9.98. The monoisotopic (exact) mass is 383 g/mol. The van der Waals surface area contributed by atoms with Gasteiger partial charge in [0.15, 0.2) is 0 Å². The van der Waals surface area contributed by atoms with Crippen molar-refractivity contribution in [3.63, 3.8) is 0 Å². The van der Waals surface area contributed by atoms with E-state index in [1.165, 1.54) is 0 Å². The molecule has 4 rings (SSSR count). The number of hydrogen-bond donors (Lipinski definition) is 1. The van der Waals surface area contributed by atoms with Crippen LogP contribution in [0.15, 0.2) is 83.6 Å². The van der Waals surface area contributed by atoms with Gasteiger partial charge in [0.05, 0.1) is 5.56 Å². The third-order valence-electron chi connectivity index (χ3n) is 4.77. The van der Waals surface area contributed by atoms with Crippen molar-refractivity contribution in [2.24, 2.45) is 0 Å². The van der Waals surface area contributed by atoms with E-state index in [9.17, 15) is 4.79 Å². The summed E-state index contributed by atoms with van der Waals surface area (Å²) in [7, 11) is 0. The Morgan fingerprint density at radius 2 is 1.76 bits per heavy atom. The molecule has 1 N–H and O–H groups in total. The van der Waals surface area contributed by atoms with Gasteiger partial charge in [0, 0.05) is 30.1 Å². The molecule has 0 saturated carbocycles. The van der Waals surface area contributed by atoms with Crippen molar-refractivity contribution in [1.82, 2.24) is 15.5 Å². The Hall–Kier alpha value is -3.73. The zero-order valence-electron chi connectivity index (χ0n) is 16.1. The smallest absolute Gasteiger partial charge is 0.251 e. The number of hydrogen-bond acceptors (Lipinski definition) is 4. The molecule has 0 aliphatic heterocycles. The highest BCUT2D eigenvalue weighted by Crippen LogP contribution is 2.34. The highest BCUT2D eigenvalue weighted by molar-refractivity contribution is 5.95. The number of carbonyl (C=O) groups is 1. The van der Waals surface area contributed by atoms with Gasteiger partial charge in [0.1, 0.15) is 11.5 Å². The zero-order chi connectivity index (χ0) is 20.1. The Labute approximate surface area is 169 Å². The second-order valence-electron chi connectivity index (χ2n) is 6.77. The Morgan fingerprint density at radius 1 is 0.966 bits per heavy atom. The van der Waals surface area contributed by atoms with Crippen LogP contribution in [0.25, 0.3) is 22.4 Å². The SMILES string of the molecule is Cc1onc(-c2ccccc2)c1-c1ccc(C(=O)NCCc2cccnc2)cc1. The predicted octanol–water partition coefficient (Wildman–Crippen LogP) is 4.68. The largest absolute Gasteiger partial charge is 0.360 e. The summed E-state index contributed by atoms with van der Waals surface area (Å²) in [6, 6.07) is 21.3. The molecule has 0 aliphatic carbocycles. The third-order valence-corrected chi connectivity index (χ3v) is 4.77. The normalized spacial score (nSPS) is 10.7. The lowest BCUT2D eigenvalue weighted by Crippen LogP contribution is -2.25. The summed E-state index contributed by atoms with van der Waals surface area (Å²) in [5.41, 5.74) is 5.43. The minimum absolute atomic E-state index is 0.0919. The fourth-order valence-electron chi connectivity index (χ4n) is 3.26. The number of pyridine rings is 1. The maximum Gasteiger partial charge on any atom is 0.251 e. The van der Waals surface area contributed by atoms with Crippen molar-refractivity contribution >= 4 is 5.91 Å². The topological polar surface area (TPSA) is 68.0 Å². The van der Waals surface area contributed by atoms with Crippen LogP contribution in [0.5, 0.6) is 0 Å². The molecular weight excluding hydrogens is 362 g/mol. The molecule has 0 aliphatic rings. The summed E-state index contributed by atoms with van der Waals surface area (Å²) in [5.74, 6) is 0.656. The van der Waals surface area contributed by atoms with Crippen LogP contribution in [-0.4, -0.2) is 22.6 Å². The van der Waals surface area contributed by atoms with Crippen LogP contribution < -0.4 is 5.32 Å². The average Bonchev–Trinajstić information content (AvgIpc) is 3.16. The first-order valence-corrected chi connectivity index (χ1v) is 9.51. The number of nitrogens with zero attached hydrogens (tertiary/aromatic N) is 2. The number of benzene rings is 2. The number of aromatic nitrogens is 2. The van der Waals surface area contributed by atoms with E-state index in [2.05, 4.69) is 15.5 Å². The van der Waals surface area contributed by atoms with E-state index in [0.717, 1.165) is 40.1 Å². The standard InChI is InChI=1S/C24H21N3O2/c1-17-22(23(27-29-17)20-7-3-2-4-8-20)19-9-11-21(12-10-19)24(28)26-15-13-18-6-5-14-25-16-18/h2-12,14,16H,13,15H2,1H3,(H,26,28). The van der Waals surface area contributed by atoms with Crippen LogP contribution in [0.2, 0.25) is 0 Å². The van der Waals surface area contributed by atoms with Crippen molar-refractivity contribution in [2.75, 3.05) is 6.54 Å². The summed E-state index contributed by atoms with van der Waals surface area (Å²) in [5, 5.41) is 7.18. The molecule has 0 radical (unpaired) electrons. The number of aryl methyl sites for hydroxylation is 1. The van der Waals surface area contributed by atoms with Crippen molar-refractivity contribution in [1.29, 1.82) is 0 Å². The Bertz CT molecular complexity index is 1090. The van der Waals surface area contributed by atoms with Gasteiger partial charge in [0.2, 0.25) is 0 Å². The first-order chi connectivity index (χ1) is 14.2. The van der Waals surface area contributed by atoms with Gasteiger partial charge >= 0.3 is 0 Å². The maximum absolute atomic E-state index is 12.4. The van der Waals surface area contributed by atoms with Crippen LogP contribution >= 0.6 is 0 Å². The van der Waals surface area contributed by atoms with Gasteiger partial charge in [0.25, 0.3) is 5.91 Å². The lowest BCUT2D eigenvalue weighted by Gasteiger charge is -2.07. The van der Waals surface area contributed by atoms with E-state index in [1.54, 1.807) is 6.20 Å². The summed E-state index contributed by atoms with van der Waals surface area (Å²) < 4.78 is 5.44. The van der Waals surface area contributed by atoms with Gasteiger partial charge in [-0.3, -0.25) is 9.78 Å². The van der Waals surface area contributed by atoms with E-state index >= 15 is 0 Å². The molecule has 0 bridgehead atoms. The van der Waals surface area contributed by atoms with Gasteiger partial charge in [-0.05, 0) is 42.7 Å². The molecule has 0 unspecified atom stereocenters. The highest BCUT2D eigenvalue weighted by Gasteiger charge is 2.17. The molecular formula is C24H21N3O2. The zero-order valence-corrected chi connectivity index (χ0v) is 16.1.